The Morgan fingerprint density at radius 3 is 2.35 bits per heavy atom. The van der Waals surface area contributed by atoms with Gasteiger partial charge in [-0.1, -0.05) is 77.8 Å². The largest absolute Gasteiger partial charge is 0.481 e. The lowest BCUT2D eigenvalue weighted by Gasteiger charge is -2.38. The number of hydrogen-bond donors (Lipinski definition) is 4. The standard InChI is InChI=1S/C38H58N6O7S/c1-9-24(4)32(42-34(46)29-17-13-14-18-43(29)7)36(47)44(8)30(23(2)3)21-31(51-38(50)39-6)35-41-28(22-52-35)33(45)40-27(19-25(5)37(48)49)20-26-15-11-10-12-16-26/h10-12,15-16,22-25,27,29-32H,9,13-14,17-21H2,1-8H3,(H,39,50)(H,40,45)(H,42,46)(H,48,49)/t24-,25-,27+,29+,30+,31+,32-/m0/s1. The molecule has 0 saturated carbocycles. The lowest BCUT2D eigenvalue weighted by molar-refractivity contribution is -0.141. The maximum absolute atomic E-state index is 14.2. The van der Waals surface area contributed by atoms with Gasteiger partial charge in [-0.15, -0.1) is 11.3 Å². The normalized spacial score (nSPS) is 18.3. The molecule has 1 aromatic carbocycles. The molecule has 2 heterocycles. The van der Waals surface area contributed by atoms with Gasteiger partial charge in [-0.2, -0.15) is 0 Å². The van der Waals surface area contributed by atoms with Gasteiger partial charge in [0.15, 0.2) is 6.10 Å². The van der Waals surface area contributed by atoms with E-state index in [0.29, 0.717) is 17.8 Å². The third-order valence-corrected chi connectivity index (χ3v) is 11.1. The van der Waals surface area contributed by atoms with Crippen LogP contribution in [0.4, 0.5) is 4.79 Å². The fourth-order valence-corrected chi connectivity index (χ4v) is 7.46. The first kappa shape index (κ1) is 42.4. The summed E-state index contributed by atoms with van der Waals surface area (Å²) < 4.78 is 5.80. The highest BCUT2D eigenvalue weighted by molar-refractivity contribution is 7.09. The topological polar surface area (TPSA) is 170 Å². The quantitative estimate of drug-likeness (QED) is 0.166. The number of thiazole rings is 1. The number of rotatable bonds is 18. The van der Waals surface area contributed by atoms with Crippen LogP contribution in [0, 0.1) is 17.8 Å². The average Bonchev–Trinajstić information content (AvgIpc) is 3.62. The average molecular weight is 743 g/mol. The molecule has 1 fully saturated rings. The second kappa shape index (κ2) is 20.3. The Labute approximate surface area is 312 Å². The van der Waals surface area contributed by atoms with Crippen molar-refractivity contribution in [3.05, 3.63) is 52.0 Å². The number of hydrogen-bond acceptors (Lipinski definition) is 9. The minimum atomic E-state index is -0.949. The first-order valence-electron chi connectivity index (χ1n) is 18.3. The van der Waals surface area contributed by atoms with Crippen LogP contribution in [0.5, 0.6) is 0 Å². The number of nitrogens with zero attached hydrogens (tertiary/aromatic N) is 3. The van der Waals surface area contributed by atoms with Gasteiger partial charge in [-0.05, 0) is 56.7 Å². The predicted molar refractivity (Wildman–Crippen MR) is 201 cm³/mol. The molecule has 13 nitrogen and oxygen atoms in total. The number of likely N-dealkylation sites (tertiary alicyclic amines) is 1. The Hall–Kier alpha value is -4.04. The van der Waals surface area contributed by atoms with Gasteiger partial charge >= 0.3 is 12.1 Å². The van der Waals surface area contributed by atoms with E-state index < -0.39 is 48.1 Å². The van der Waals surface area contributed by atoms with Crippen molar-refractivity contribution in [2.45, 2.75) is 110 Å². The lowest BCUT2D eigenvalue weighted by Crippen LogP contribution is -2.58. The van der Waals surface area contributed by atoms with Gasteiger partial charge in [0.1, 0.15) is 16.7 Å². The van der Waals surface area contributed by atoms with Crippen LogP contribution in [-0.4, -0.2) is 102 Å². The number of carboxylic acids is 1. The van der Waals surface area contributed by atoms with Gasteiger partial charge in [0, 0.05) is 38.0 Å². The molecule has 7 atom stereocenters. The molecule has 4 amide bonds. The van der Waals surface area contributed by atoms with Crippen LogP contribution in [0.25, 0.3) is 0 Å². The van der Waals surface area contributed by atoms with Gasteiger partial charge in [0.25, 0.3) is 5.91 Å². The summed E-state index contributed by atoms with van der Waals surface area (Å²) in [5, 5.41) is 20.0. The highest BCUT2D eigenvalue weighted by atomic mass is 32.1. The maximum atomic E-state index is 14.2. The van der Waals surface area contributed by atoms with E-state index in [-0.39, 0.29) is 48.2 Å². The molecule has 4 N–H and O–H groups in total. The molecule has 14 heteroatoms. The molecule has 1 saturated heterocycles. The molecule has 1 aliphatic rings. The van der Waals surface area contributed by atoms with Crippen LogP contribution in [-0.2, 0) is 25.5 Å². The van der Waals surface area contributed by atoms with Crippen molar-refractivity contribution >= 4 is 41.1 Å². The number of carboxylic acid groups (broad SMARTS) is 1. The number of alkyl carbamates (subject to hydrolysis) is 1. The van der Waals surface area contributed by atoms with Crippen LogP contribution in [0.1, 0.15) is 100 Å². The summed E-state index contributed by atoms with van der Waals surface area (Å²) in [6, 6.07) is 7.61. The Morgan fingerprint density at radius 2 is 1.75 bits per heavy atom. The van der Waals surface area contributed by atoms with E-state index in [4.69, 9.17) is 4.74 Å². The molecule has 0 radical (unpaired) electrons. The number of carbonyl (C=O) groups excluding carboxylic acids is 4. The number of ether oxygens (including phenoxy) is 1. The zero-order valence-electron chi connectivity index (χ0n) is 31.9. The SMILES string of the molecule is CC[C@H](C)[C@H](NC(=O)[C@H]1CCCCN1C)C(=O)N(C)[C@H](C[C@@H](OC(=O)NC)c1nc(C(=O)N[C@@H](Cc2ccccc2)C[C@H](C)C(=O)O)cs1)C(C)C. The third kappa shape index (κ3) is 12.0. The second-order valence-corrected chi connectivity index (χ2v) is 15.3. The van der Waals surface area contributed by atoms with Gasteiger partial charge in [0.2, 0.25) is 11.8 Å². The van der Waals surface area contributed by atoms with Crippen molar-refractivity contribution in [3.63, 3.8) is 0 Å². The zero-order chi connectivity index (χ0) is 38.5. The molecule has 1 aromatic heterocycles. The minimum Gasteiger partial charge on any atom is -0.481 e. The Kier molecular flexibility index (Phi) is 16.5. The highest BCUT2D eigenvalue weighted by Gasteiger charge is 2.37. The van der Waals surface area contributed by atoms with Crippen molar-refractivity contribution in [1.82, 2.24) is 30.7 Å². The highest BCUT2D eigenvalue weighted by Crippen LogP contribution is 2.31. The van der Waals surface area contributed by atoms with Gasteiger partial charge in [-0.25, -0.2) is 9.78 Å². The van der Waals surface area contributed by atoms with Crippen LogP contribution in [0.2, 0.25) is 0 Å². The first-order valence-corrected chi connectivity index (χ1v) is 19.2. The molecule has 52 heavy (non-hydrogen) atoms. The van der Waals surface area contributed by atoms with E-state index >= 15 is 0 Å². The van der Waals surface area contributed by atoms with E-state index in [1.165, 1.54) is 18.4 Å². The second-order valence-electron chi connectivity index (χ2n) is 14.4. The van der Waals surface area contributed by atoms with Crippen molar-refractivity contribution < 1.29 is 33.8 Å². The molecule has 1 aliphatic heterocycles. The molecule has 2 aromatic rings. The summed E-state index contributed by atoms with van der Waals surface area (Å²) in [5.74, 6) is -2.66. The monoisotopic (exact) mass is 742 g/mol. The molecule has 3 rings (SSSR count). The van der Waals surface area contributed by atoms with E-state index in [9.17, 15) is 29.1 Å². The van der Waals surface area contributed by atoms with Crippen molar-refractivity contribution in [3.8, 4) is 0 Å². The number of aromatic nitrogens is 1. The summed E-state index contributed by atoms with van der Waals surface area (Å²) in [7, 11) is 5.10. The van der Waals surface area contributed by atoms with E-state index in [2.05, 4.69) is 20.9 Å². The number of aliphatic carboxylic acids is 1. The van der Waals surface area contributed by atoms with E-state index in [1.54, 1.807) is 24.3 Å². The third-order valence-electron chi connectivity index (χ3n) is 10.1. The molecular weight excluding hydrogens is 685 g/mol. The fraction of sp³-hybridized carbons (Fsp3) is 0.632. The zero-order valence-corrected chi connectivity index (χ0v) is 32.7. The molecular formula is C38H58N6O7S. The predicted octanol–water partition coefficient (Wildman–Crippen LogP) is 4.88. The molecule has 0 bridgehead atoms. The summed E-state index contributed by atoms with van der Waals surface area (Å²) >= 11 is 1.17. The number of likely N-dealkylation sites (N-methyl/N-ethyl adjacent to an activating group) is 2. The summed E-state index contributed by atoms with van der Waals surface area (Å²) in [6.07, 6.45) is 2.71. The molecule has 0 spiro atoms. The van der Waals surface area contributed by atoms with Gasteiger partial charge in [-0.3, -0.25) is 24.1 Å². The van der Waals surface area contributed by atoms with Crippen molar-refractivity contribution in [2.24, 2.45) is 17.8 Å². The fourth-order valence-electron chi connectivity index (χ4n) is 6.62. The Bertz CT molecular complexity index is 1490. The molecule has 288 valence electrons. The molecule has 0 aliphatic carbocycles. The van der Waals surface area contributed by atoms with Crippen LogP contribution in [0.3, 0.4) is 0 Å². The minimum absolute atomic E-state index is 0.0693. The lowest BCUT2D eigenvalue weighted by atomic mass is 9.92. The van der Waals surface area contributed by atoms with Crippen molar-refractivity contribution in [1.29, 1.82) is 0 Å². The number of benzene rings is 1. The van der Waals surface area contributed by atoms with Crippen molar-refractivity contribution in [2.75, 3.05) is 27.7 Å². The van der Waals surface area contributed by atoms with Crippen LogP contribution < -0.4 is 16.0 Å². The van der Waals surface area contributed by atoms with Gasteiger partial charge < -0.3 is 30.7 Å². The number of nitrogens with one attached hydrogen (secondary N) is 3. The van der Waals surface area contributed by atoms with Crippen LogP contribution in [0.15, 0.2) is 35.7 Å². The number of amides is 4. The van der Waals surface area contributed by atoms with E-state index in [0.717, 1.165) is 31.4 Å². The summed E-state index contributed by atoms with van der Waals surface area (Å²) in [4.78, 5) is 73.7. The van der Waals surface area contributed by atoms with E-state index in [1.807, 2.05) is 70.0 Å². The molecule has 0 unspecified atom stereocenters. The Balaban J connectivity index is 1.83. The smallest absolute Gasteiger partial charge is 0.407 e. The summed E-state index contributed by atoms with van der Waals surface area (Å²) in [5.41, 5.74) is 1.07. The van der Waals surface area contributed by atoms with Gasteiger partial charge in [0.05, 0.1) is 12.0 Å². The Morgan fingerprint density at radius 1 is 1.06 bits per heavy atom. The first-order chi connectivity index (χ1) is 24.7. The number of piperidine rings is 1. The maximum Gasteiger partial charge on any atom is 0.407 e. The summed E-state index contributed by atoms with van der Waals surface area (Å²) in [6.45, 7) is 10.3. The number of carbonyl (C=O) groups is 5. The van der Waals surface area contributed by atoms with Crippen LogP contribution >= 0.6 is 11.3 Å².